The lowest BCUT2D eigenvalue weighted by Gasteiger charge is -2.23. The molecule has 5 heteroatoms. The first-order valence-electron chi connectivity index (χ1n) is 5.84. The number of rotatable bonds is 3. The summed E-state index contributed by atoms with van der Waals surface area (Å²) in [6, 6.07) is 0. The van der Waals surface area contributed by atoms with E-state index in [1.807, 2.05) is 0 Å². The normalized spacial score (nSPS) is 24.0. The number of carboxylic acids is 1. The Kier molecular flexibility index (Phi) is 3.00. The van der Waals surface area contributed by atoms with E-state index in [4.69, 9.17) is 5.11 Å². The summed E-state index contributed by atoms with van der Waals surface area (Å²) >= 11 is 0. The Morgan fingerprint density at radius 1 is 1.53 bits per heavy atom. The molecule has 0 bridgehead atoms. The second-order valence-corrected chi connectivity index (χ2v) is 4.90. The van der Waals surface area contributed by atoms with E-state index >= 15 is 0 Å². The van der Waals surface area contributed by atoms with Crippen LogP contribution in [0.3, 0.4) is 0 Å². The van der Waals surface area contributed by atoms with Gasteiger partial charge in [-0.1, -0.05) is 13.8 Å². The van der Waals surface area contributed by atoms with Crippen LogP contribution >= 0.6 is 0 Å². The second kappa shape index (κ2) is 4.31. The highest BCUT2D eigenvalue weighted by molar-refractivity contribution is 5.84. The van der Waals surface area contributed by atoms with E-state index in [1.54, 1.807) is 6.20 Å². The molecule has 1 unspecified atom stereocenters. The Morgan fingerprint density at radius 2 is 2.29 bits per heavy atom. The van der Waals surface area contributed by atoms with Crippen molar-refractivity contribution in [1.29, 1.82) is 0 Å². The van der Waals surface area contributed by atoms with Crippen molar-refractivity contribution in [2.24, 2.45) is 5.41 Å². The van der Waals surface area contributed by atoms with Gasteiger partial charge in [0.2, 0.25) is 0 Å². The predicted molar refractivity (Wildman–Crippen MR) is 64.2 cm³/mol. The highest BCUT2D eigenvalue weighted by Gasteiger charge is 2.32. The Bertz CT molecular complexity index is 418. The first-order chi connectivity index (χ1) is 8.04. The summed E-state index contributed by atoms with van der Waals surface area (Å²) in [6.07, 6.45) is 5.15. The minimum atomic E-state index is -1.04. The maximum Gasteiger partial charge on any atom is 0.356 e. The SMILES string of the molecule is CCC1(C)CCN(c2cnc(C(=O)O)cn2)C1. The van der Waals surface area contributed by atoms with E-state index in [-0.39, 0.29) is 5.69 Å². The van der Waals surface area contributed by atoms with Crippen LogP contribution in [0, 0.1) is 5.41 Å². The van der Waals surface area contributed by atoms with Gasteiger partial charge in [0, 0.05) is 13.1 Å². The van der Waals surface area contributed by atoms with Crippen LogP contribution in [0.1, 0.15) is 37.2 Å². The summed E-state index contributed by atoms with van der Waals surface area (Å²) in [4.78, 5) is 20.9. The van der Waals surface area contributed by atoms with Gasteiger partial charge in [0.1, 0.15) is 5.82 Å². The van der Waals surface area contributed by atoms with E-state index in [0.29, 0.717) is 5.41 Å². The van der Waals surface area contributed by atoms with Crippen LogP contribution < -0.4 is 4.90 Å². The van der Waals surface area contributed by atoms with Crippen molar-refractivity contribution in [3.63, 3.8) is 0 Å². The van der Waals surface area contributed by atoms with E-state index < -0.39 is 5.97 Å². The van der Waals surface area contributed by atoms with Gasteiger partial charge in [0.25, 0.3) is 0 Å². The monoisotopic (exact) mass is 235 g/mol. The van der Waals surface area contributed by atoms with Gasteiger partial charge in [-0.05, 0) is 18.3 Å². The summed E-state index contributed by atoms with van der Waals surface area (Å²) in [6.45, 7) is 6.39. The molecule has 0 aromatic carbocycles. The van der Waals surface area contributed by atoms with E-state index in [9.17, 15) is 4.79 Å². The molecule has 0 amide bonds. The quantitative estimate of drug-likeness (QED) is 0.865. The zero-order chi connectivity index (χ0) is 12.5. The van der Waals surface area contributed by atoms with Gasteiger partial charge < -0.3 is 10.0 Å². The molecule has 1 N–H and O–H groups in total. The highest BCUT2D eigenvalue weighted by Crippen LogP contribution is 2.34. The van der Waals surface area contributed by atoms with Crippen molar-refractivity contribution in [3.05, 3.63) is 18.1 Å². The second-order valence-electron chi connectivity index (χ2n) is 4.90. The molecule has 1 saturated heterocycles. The predicted octanol–water partition coefficient (Wildman–Crippen LogP) is 1.80. The number of aromatic carboxylic acids is 1. The zero-order valence-electron chi connectivity index (χ0n) is 10.2. The zero-order valence-corrected chi connectivity index (χ0v) is 10.2. The van der Waals surface area contributed by atoms with Crippen LogP contribution in [-0.4, -0.2) is 34.1 Å². The first-order valence-corrected chi connectivity index (χ1v) is 5.84. The molecule has 92 valence electrons. The number of aromatic nitrogens is 2. The van der Waals surface area contributed by atoms with Crippen molar-refractivity contribution in [2.45, 2.75) is 26.7 Å². The topological polar surface area (TPSA) is 66.3 Å². The number of anilines is 1. The van der Waals surface area contributed by atoms with Crippen LogP contribution in [-0.2, 0) is 0 Å². The third-order valence-corrected chi connectivity index (χ3v) is 3.59. The smallest absolute Gasteiger partial charge is 0.356 e. The maximum atomic E-state index is 10.7. The number of carbonyl (C=O) groups is 1. The molecule has 1 aliphatic rings. The molecule has 2 rings (SSSR count). The van der Waals surface area contributed by atoms with E-state index in [0.717, 1.165) is 31.7 Å². The molecule has 0 saturated carbocycles. The van der Waals surface area contributed by atoms with Crippen molar-refractivity contribution >= 4 is 11.8 Å². The average Bonchev–Trinajstić information content (AvgIpc) is 2.73. The summed E-state index contributed by atoms with van der Waals surface area (Å²) in [5.74, 6) is -0.268. The van der Waals surface area contributed by atoms with Crippen molar-refractivity contribution < 1.29 is 9.90 Å². The van der Waals surface area contributed by atoms with Crippen molar-refractivity contribution in [1.82, 2.24) is 9.97 Å². The van der Waals surface area contributed by atoms with E-state index in [1.165, 1.54) is 6.20 Å². The van der Waals surface area contributed by atoms with Gasteiger partial charge in [-0.3, -0.25) is 0 Å². The molecule has 5 nitrogen and oxygen atoms in total. The fourth-order valence-corrected chi connectivity index (χ4v) is 2.10. The third-order valence-electron chi connectivity index (χ3n) is 3.59. The van der Waals surface area contributed by atoms with E-state index in [2.05, 4.69) is 28.7 Å². The molecule has 1 aromatic rings. The van der Waals surface area contributed by atoms with Gasteiger partial charge in [0.15, 0.2) is 5.69 Å². The average molecular weight is 235 g/mol. The number of nitrogens with zero attached hydrogens (tertiary/aromatic N) is 3. The number of hydrogen-bond donors (Lipinski definition) is 1. The summed E-state index contributed by atoms with van der Waals surface area (Å²) in [7, 11) is 0. The summed E-state index contributed by atoms with van der Waals surface area (Å²) in [5.41, 5.74) is 0.332. The van der Waals surface area contributed by atoms with Crippen LogP contribution in [0.25, 0.3) is 0 Å². The lowest BCUT2D eigenvalue weighted by Crippen LogP contribution is -2.25. The molecule has 17 heavy (non-hydrogen) atoms. The van der Waals surface area contributed by atoms with Gasteiger partial charge in [-0.2, -0.15) is 0 Å². The fraction of sp³-hybridized carbons (Fsp3) is 0.583. The molecule has 1 aliphatic heterocycles. The number of hydrogen-bond acceptors (Lipinski definition) is 4. The van der Waals surface area contributed by atoms with Gasteiger partial charge in [0.05, 0.1) is 12.4 Å². The maximum absolute atomic E-state index is 10.7. The molecule has 1 fully saturated rings. The molecular weight excluding hydrogens is 218 g/mol. The van der Waals surface area contributed by atoms with Crippen LogP contribution in [0.5, 0.6) is 0 Å². The molecule has 2 heterocycles. The first kappa shape index (κ1) is 11.8. The Morgan fingerprint density at radius 3 is 2.76 bits per heavy atom. The minimum absolute atomic E-state index is 0.00815. The highest BCUT2D eigenvalue weighted by atomic mass is 16.4. The van der Waals surface area contributed by atoms with Crippen LogP contribution in [0.4, 0.5) is 5.82 Å². The van der Waals surface area contributed by atoms with Gasteiger partial charge in [-0.25, -0.2) is 14.8 Å². The number of carboxylic acid groups (broad SMARTS) is 1. The van der Waals surface area contributed by atoms with Crippen LogP contribution in [0.15, 0.2) is 12.4 Å². The van der Waals surface area contributed by atoms with Crippen LogP contribution in [0.2, 0.25) is 0 Å². The molecule has 1 aromatic heterocycles. The summed E-state index contributed by atoms with van der Waals surface area (Å²) in [5, 5.41) is 8.75. The lowest BCUT2D eigenvalue weighted by molar-refractivity contribution is 0.0690. The third kappa shape index (κ3) is 2.38. The Hall–Kier alpha value is -1.65. The molecule has 1 atom stereocenters. The summed E-state index contributed by atoms with van der Waals surface area (Å²) < 4.78 is 0. The molecule has 0 spiro atoms. The Labute approximate surface area is 100 Å². The molecular formula is C12H17N3O2. The van der Waals surface area contributed by atoms with Gasteiger partial charge >= 0.3 is 5.97 Å². The lowest BCUT2D eigenvalue weighted by atomic mass is 9.87. The van der Waals surface area contributed by atoms with Crippen molar-refractivity contribution in [2.75, 3.05) is 18.0 Å². The Balaban J connectivity index is 2.12. The van der Waals surface area contributed by atoms with Gasteiger partial charge in [-0.15, -0.1) is 0 Å². The standard InChI is InChI=1S/C12H17N3O2/c1-3-12(2)4-5-15(8-12)10-7-13-9(6-14-10)11(16)17/h6-7H,3-5,8H2,1-2H3,(H,16,17). The fourth-order valence-electron chi connectivity index (χ4n) is 2.10. The minimum Gasteiger partial charge on any atom is -0.476 e. The molecule has 0 radical (unpaired) electrons. The van der Waals surface area contributed by atoms with Crippen molar-refractivity contribution in [3.8, 4) is 0 Å². The molecule has 0 aliphatic carbocycles. The largest absolute Gasteiger partial charge is 0.476 e.